The molecule has 0 saturated heterocycles. The van der Waals surface area contributed by atoms with Crippen LogP contribution in [0.4, 0.5) is 13.2 Å². The van der Waals surface area contributed by atoms with Crippen molar-refractivity contribution in [1.29, 1.82) is 0 Å². The molecule has 0 unspecified atom stereocenters. The first-order valence-corrected chi connectivity index (χ1v) is 11.0. The summed E-state index contributed by atoms with van der Waals surface area (Å²) in [6.45, 7) is 6.39. The third-order valence-corrected chi connectivity index (χ3v) is 4.44. The monoisotopic (exact) mass is 358 g/mol. The van der Waals surface area contributed by atoms with Crippen LogP contribution in [0.25, 0.3) is 5.69 Å². The zero-order valence-electron chi connectivity index (χ0n) is 13.0. The van der Waals surface area contributed by atoms with Crippen molar-refractivity contribution in [2.24, 2.45) is 4.99 Å². The van der Waals surface area contributed by atoms with E-state index in [4.69, 9.17) is 0 Å². The minimum atomic E-state index is -4.51. The van der Waals surface area contributed by atoms with Crippen molar-refractivity contribution >= 4 is 25.7 Å². The summed E-state index contributed by atoms with van der Waals surface area (Å²) in [5.41, 5.74) is -0.539. The molecular formula is C14H17F3N4SSi. The van der Waals surface area contributed by atoms with Gasteiger partial charge in [0.25, 0.3) is 0 Å². The second-order valence-electron chi connectivity index (χ2n) is 6.27. The largest absolute Gasteiger partial charge is 0.418 e. The fraction of sp³-hybridized carbons (Fsp3) is 0.357. The van der Waals surface area contributed by atoms with Gasteiger partial charge in [0.2, 0.25) is 0 Å². The molecule has 0 radical (unpaired) electrons. The van der Waals surface area contributed by atoms with Crippen molar-refractivity contribution in [3.05, 3.63) is 42.0 Å². The molecule has 0 spiro atoms. The highest BCUT2D eigenvalue weighted by Gasteiger charge is 2.34. The maximum absolute atomic E-state index is 13.3. The summed E-state index contributed by atoms with van der Waals surface area (Å²) in [5.74, 6) is 0. The fourth-order valence-corrected chi connectivity index (χ4v) is 2.81. The van der Waals surface area contributed by atoms with E-state index < -0.39 is 19.8 Å². The van der Waals surface area contributed by atoms with Gasteiger partial charge in [-0.05, 0) is 12.1 Å². The Morgan fingerprint density at radius 2 is 2.00 bits per heavy atom. The molecule has 124 valence electrons. The summed E-state index contributed by atoms with van der Waals surface area (Å²) < 4.78 is 41.1. The van der Waals surface area contributed by atoms with E-state index in [0.717, 1.165) is 10.7 Å². The topological polar surface area (TPSA) is 43.1 Å². The number of hydrogen-bond donors (Lipinski definition) is 1. The normalized spacial score (nSPS) is 13.4. The van der Waals surface area contributed by atoms with Crippen LogP contribution in [0.1, 0.15) is 11.1 Å². The highest BCUT2D eigenvalue weighted by molar-refractivity contribution is 7.97. The van der Waals surface area contributed by atoms with E-state index in [2.05, 4.69) is 47.3 Å². The summed E-state index contributed by atoms with van der Waals surface area (Å²) in [4.78, 5) is 8.01. The molecule has 0 aliphatic heterocycles. The summed E-state index contributed by atoms with van der Waals surface area (Å²) in [6.07, 6.45) is -1.49. The highest BCUT2D eigenvalue weighted by atomic mass is 32.1. The van der Waals surface area contributed by atoms with Gasteiger partial charge >= 0.3 is 6.18 Å². The predicted octanol–water partition coefficient (Wildman–Crippen LogP) is 3.84. The van der Waals surface area contributed by atoms with E-state index in [1.807, 2.05) is 0 Å². The van der Waals surface area contributed by atoms with Gasteiger partial charge in [0.1, 0.15) is 12.7 Å². The van der Waals surface area contributed by atoms with Crippen molar-refractivity contribution < 1.29 is 13.2 Å². The smallest absolute Gasteiger partial charge is 0.281 e. The lowest BCUT2D eigenvalue weighted by Gasteiger charge is -2.15. The molecule has 9 heteroatoms. The average Bonchev–Trinajstić information content (AvgIpc) is 2.96. The Hall–Kier alpha value is -1.61. The summed E-state index contributed by atoms with van der Waals surface area (Å²) in [5, 5.41) is 4.07. The maximum atomic E-state index is 13.3. The minimum absolute atomic E-state index is 0.0786. The Bertz CT molecular complexity index is 706. The number of aromatic nitrogens is 3. The Balaban J connectivity index is 2.45. The molecular weight excluding hydrogens is 341 g/mol. The average molecular weight is 358 g/mol. The number of nitrogens with zero attached hydrogens (tertiary/aromatic N) is 4. The van der Waals surface area contributed by atoms with E-state index in [0.29, 0.717) is 16.8 Å². The maximum Gasteiger partial charge on any atom is 0.418 e. The number of thiol groups is 1. The zero-order chi connectivity index (χ0) is 17.3. The van der Waals surface area contributed by atoms with Crippen LogP contribution < -0.4 is 0 Å². The number of aliphatic imine (C=N–C) groups is 1. The van der Waals surface area contributed by atoms with Gasteiger partial charge in [0.15, 0.2) is 0 Å². The molecule has 0 bridgehead atoms. The second-order valence-corrected chi connectivity index (χ2v) is 12.1. The molecule has 0 N–H and O–H groups in total. The summed E-state index contributed by atoms with van der Waals surface area (Å²) in [7, 11) is -1.44. The lowest BCUT2D eigenvalue weighted by atomic mass is 10.1. The van der Waals surface area contributed by atoms with Crippen molar-refractivity contribution in [2.45, 2.75) is 25.8 Å². The fourth-order valence-electron chi connectivity index (χ4n) is 1.84. The van der Waals surface area contributed by atoms with E-state index in [-0.39, 0.29) is 5.69 Å². The standard InChI is InChI=1S/C14H17F3N4SSi/c1-23(2,3)9-19-13(22)10-4-5-12(21-8-18-7-20-21)11(6-10)14(15,16)17/h4-8H,9H2,1-3H3,(H,19,22). The van der Waals surface area contributed by atoms with E-state index in [9.17, 15) is 13.2 Å². The number of halogens is 3. The van der Waals surface area contributed by atoms with Gasteiger partial charge in [-0.3, -0.25) is 4.99 Å². The van der Waals surface area contributed by atoms with Crippen LogP contribution in [0.15, 0.2) is 35.8 Å². The molecule has 4 nitrogen and oxygen atoms in total. The SMILES string of the molecule is C[Si](C)(C)C/N=C(\S)c1ccc(-n2cncn2)c(C(F)(F)F)c1. The van der Waals surface area contributed by atoms with Crippen molar-refractivity contribution in [3.63, 3.8) is 0 Å². The van der Waals surface area contributed by atoms with Gasteiger partial charge in [-0.25, -0.2) is 9.67 Å². The highest BCUT2D eigenvalue weighted by Crippen LogP contribution is 2.34. The number of alkyl halides is 3. The molecule has 0 aliphatic rings. The van der Waals surface area contributed by atoms with Gasteiger partial charge in [0, 0.05) is 11.7 Å². The van der Waals surface area contributed by atoms with Crippen LogP contribution in [0, 0.1) is 0 Å². The minimum Gasteiger partial charge on any atom is -0.281 e. The van der Waals surface area contributed by atoms with Crippen LogP contribution in [0.2, 0.25) is 19.6 Å². The van der Waals surface area contributed by atoms with E-state index in [1.54, 1.807) is 6.07 Å². The number of hydrogen-bond acceptors (Lipinski definition) is 3. The van der Waals surface area contributed by atoms with Crippen molar-refractivity contribution in [3.8, 4) is 5.69 Å². The summed E-state index contributed by atoms with van der Waals surface area (Å²) >= 11 is 4.25. The quantitative estimate of drug-likeness (QED) is 0.391. The Kier molecular flexibility index (Phi) is 5.00. The van der Waals surface area contributed by atoms with Gasteiger partial charge in [0.05, 0.1) is 24.4 Å². The lowest BCUT2D eigenvalue weighted by molar-refractivity contribution is -0.137. The van der Waals surface area contributed by atoms with E-state index >= 15 is 0 Å². The summed E-state index contributed by atoms with van der Waals surface area (Å²) in [6, 6.07) is 3.96. The Labute approximate surface area is 138 Å². The molecule has 2 aromatic rings. The first kappa shape index (κ1) is 17.7. The van der Waals surface area contributed by atoms with E-state index in [1.165, 1.54) is 18.7 Å². The van der Waals surface area contributed by atoms with Crippen LogP contribution in [-0.2, 0) is 6.18 Å². The van der Waals surface area contributed by atoms with Crippen LogP contribution in [-0.4, -0.2) is 34.1 Å². The lowest BCUT2D eigenvalue weighted by Crippen LogP contribution is -2.25. The first-order chi connectivity index (χ1) is 10.6. The molecule has 0 fully saturated rings. The molecule has 2 rings (SSSR count). The van der Waals surface area contributed by atoms with Crippen LogP contribution in [0.3, 0.4) is 0 Å². The van der Waals surface area contributed by atoms with Crippen molar-refractivity contribution in [1.82, 2.24) is 14.8 Å². The molecule has 0 saturated carbocycles. The zero-order valence-corrected chi connectivity index (χ0v) is 14.9. The van der Waals surface area contributed by atoms with Crippen LogP contribution >= 0.6 is 12.6 Å². The van der Waals surface area contributed by atoms with Gasteiger partial charge < -0.3 is 0 Å². The van der Waals surface area contributed by atoms with Gasteiger partial charge in [-0.2, -0.15) is 18.3 Å². The van der Waals surface area contributed by atoms with Crippen molar-refractivity contribution in [2.75, 3.05) is 6.17 Å². The second kappa shape index (κ2) is 6.48. The Morgan fingerprint density at radius 3 is 2.52 bits per heavy atom. The molecule has 1 aromatic carbocycles. The molecule has 1 heterocycles. The predicted molar refractivity (Wildman–Crippen MR) is 90.1 cm³/mol. The van der Waals surface area contributed by atoms with Crippen LogP contribution in [0.5, 0.6) is 0 Å². The third kappa shape index (κ3) is 4.68. The molecule has 1 aromatic heterocycles. The number of rotatable bonds is 4. The molecule has 0 aliphatic carbocycles. The number of benzene rings is 1. The molecule has 0 amide bonds. The molecule has 23 heavy (non-hydrogen) atoms. The molecule has 0 atom stereocenters. The van der Waals surface area contributed by atoms with Gasteiger partial charge in [-0.15, -0.1) is 12.6 Å². The third-order valence-electron chi connectivity index (χ3n) is 2.93. The first-order valence-electron chi connectivity index (χ1n) is 6.88. The Morgan fingerprint density at radius 1 is 1.30 bits per heavy atom. The van der Waals surface area contributed by atoms with Gasteiger partial charge in [-0.1, -0.05) is 25.7 Å².